The highest BCUT2D eigenvalue weighted by Crippen LogP contribution is 2.54. The van der Waals surface area contributed by atoms with Crippen LogP contribution in [0.5, 0.6) is 0 Å². The van der Waals surface area contributed by atoms with Gasteiger partial charge >= 0.3 is 12.2 Å². The number of carbonyl (C=O) groups excluding carboxylic acids is 1. The fourth-order valence-electron chi connectivity index (χ4n) is 4.48. The van der Waals surface area contributed by atoms with Gasteiger partial charge in [0, 0.05) is 16.6 Å². The molecule has 1 saturated heterocycles. The molecule has 29 heavy (non-hydrogen) atoms. The van der Waals surface area contributed by atoms with Gasteiger partial charge in [-0.1, -0.05) is 41.4 Å². The normalized spacial score (nSPS) is 24.0. The molecule has 2 N–H and O–H groups in total. The SMILES string of the molecule is NC(=O)N1CC(c2cc(Cl)cc(Cl)c2)(C(F)(F)F)CC1c1ccc2c(c1)CC[CH]2. The molecule has 1 aliphatic heterocycles. The van der Waals surface area contributed by atoms with Crippen LogP contribution in [0.4, 0.5) is 18.0 Å². The zero-order valence-corrected chi connectivity index (χ0v) is 16.8. The molecule has 4 rings (SSSR count). The summed E-state index contributed by atoms with van der Waals surface area (Å²) in [4.78, 5) is 13.2. The van der Waals surface area contributed by atoms with E-state index in [4.69, 9.17) is 28.9 Å². The van der Waals surface area contributed by atoms with Gasteiger partial charge < -0.3 is 10.6 Å². The Labute approximate surface area is 176 Å². The van der Waals surface area contributed by atoms with Gasteiger partial charge in [-0.05, 0) is 66.1 Å². The van der Waals surface area contributed by atoms with E-state index in [2.05, 4.69) is 6.42 Å². The van der Waals surface area contributed by atoms with Gasteiger partial charge in [0.1, 0.15) is 5.41 Å². The molecule has 0 saturated carbocycles. The first kappa shape index (κ1) is 20.4. The maximum Gasteiger partial charge on any atom is 0.400 e. The topological polar surface area (TPSA) is 46.3 Å². The maximum atomic E-state index is 14.4. The summed E-state index contributed by atoms with van der Waals surface area (Å²) in [7, 11) is 0. The fraction of sp³-hybridized carbons (Fsp3) is 0.333. The van der Waals surface area contributed by atoms with E-state index in [0.717, 1.165) is 28.9 Å². The molecule has 0 spiro atoms. The third-order valence-corrected chi connectivity index (χ3v) is 6.37. The third kappa shape index (κ3) is 3.46. The summed E-state index contributed by atoms with van der Waals surface area (Å²) in [5, 5.41) is 0.219. The van der Waals surface area contributed by atoms with Crippen LogP contribution in [0.3, 0.4) is 0 Å². The van der Waals surface area contributed by atoms with Crippen molar-refractivity contribution in [1.82, 2.24) is 4.90 Å². The number of alkyl halides is 3. The zero-order chi connectivity index (χ0) is 21.0. The number of hydrogen-bond acceptors (Lipinski definition) is 1. The van der Waals surface area contributed by atoms with Crippen LogP contribution in [-0.4, -0.2) is 23.7 Å². The Morgan fingerprint density at radius 2 is 1.83 bits per heavy atom. The lowest BCUT2D eigenvalue weighted by Crippen LogP contribution is -2.46. The highest BCUT2D eigenvalue weighted by atomic mass is 35.5. The molecule has 2 atom stereocenters. The first-order chi connectivity index (χ1) is 13.6. The van der Waals surface area contributed by atoms with E-state index < -0.39 is 30.2 Å². The first-order valence-electron chi connectivity index (χ1n) is 9.16. The number of amides is 2. The molecule has 1 aliphatic carbocycles. The number of fused-ring (bicyclic) bond motifs is 1. The lowest BCUT2D eigenvalue weighted by molar-refractivity contribution is -0.186. The summed E-state index contributed by atoms with van der Waals surface area (Å²) in [6.45, 7) is -0.587. The van der Waals surface area contributed by atoms with Gasteiger partial charge in [0.25, 0.3) is 0 Å². The second-order valence-electron chi connectivity index (χ2n) is 7.63. The predicted octanol–water partition coefficient (Wildman–Crippen LogP) is 5.82. The molecular weight excluding hydrogens is 424 g/mol. The lowest BCUT2D eigenvalue weighted by Gasteiger charge is -2.32. The Hall–Kier alpha value is -1.92. The molecule has 2 aromatic carbocycles. The Kier molecular flexibility index (Phi) is 4.98. The smallest absolute Gasteiger partial charge is 0.351 e. The Morgan fingerprint density at radius 1 is 1.14 bits per heavy atom. The molecule has 2 unspecified atom stereocenters. The van der Waals surface area contributed by atoms with Gasteiger partial charge in [-0.2, -0.15) is 13.2 Å². The number of carbonyl (C=O) groups is 1. The van der Waals surface area contributed by atoms with Crippen LogP contribution in [0.1, 0.15) is 41.1 Å². The van der Waals surface area contributed by atoms with Crippen molar-refractivity contribution in [3.63, 3.8) is 0 Å². The van der Waals surface area contributed by atoms with Crippen molar-refractivity contribution in [1.29, 1.82) is 0 Å². The summed E-state index contributed by atoms with van der Waals surface area (Å²) in [6.07, 6.45) is -1.16. The molecule has 3 nitrogen and oxygen atoms in total. The number of halogens is 5. The highest BCUT2D eigenvalue weighted by Gasteiger charge is 2.62. The van der Waals surface area contributed by atoms with Crippen molar-refractivity contribution in [2.24, 2.45) is 5.73 Å². The summed E-state index contributed by atoms with van der Waals surface area (Å²) in [5.41, 5.74) is 5.93. The van der Waals surface area contributed by atoms with E-state index in [0.29, 0.717) is 5.56 Å². The van der Waals surface area contributed by atoms with Crippen molar-refractivity contribution in [2.45, 2.75) is 36.9 Å². The van der Waals surface area contributed by atoms with Gasteiger partial charge in [0.15, 0.2) is 0 Å². The molecule has 153 valence electrons. The van der Waals surface area contributed by atoms with Crippen LogP contribution in [0.25, 0.3) is 0 Å². The average molecular weight is 442 g/mol. The molecule has 8 heteroatoms. The van der Waals surface area contributed by atoms with Gasteiger partial charge in [-0.25, -0.2) is 4.79 Å². The molecule has 1 fully saturated rings. The van der Waals surface area contributed by atoms with E-state index in [-0.39, 0.29) is 22.0 Å². The first-order valence-corrected chi connectivity index (χ1v) is 9.92. The number of primary amides is 1. The number of nitrogens with two attached hydrogens (primary N) is 1. The van der Waals surface area contributed by atoms with Gasteiger partial charge in [-0.15, -0.1) is 0 Å². The van der Waals surface area contributed by atoms with Crippen molar-refractivity contribution in [2.75, 3.05) is 6.54 Å². The second kappa shape index (κ2) is 7.10. The zero-order valence-electron chi connectivity index (χ0n) is 15.3. The molecule has 0 aromatic heterocycles. The molecular formula is C21H18Cl2F3N2O. The second-order valence-corrected chi connectivity index (χ2v) is 8.50. The summed E-state index contributed by atoms with van der Waals surface area (Å²) in [6, 6.07) is 7.78. The van der Waals surface area contributed by atoms with E-state index in [9.17, 15) is 18.0 Å². The molecule has 2 aromatic rings. The largest absolute Gasteiger partial charge is 0.400 e. The highest BCUT2D eigenvalue weighted by molar-refractivity contribution is 6.34. The summed E-state index contributed by atoms with van der Waals surface area (Å²) >= 11 is 12.0. The molecule has 2 amide bonds. The Balaban J connectivity index is 1.83. The molecule has 1 heterocycles. The summed E-state index contributed by atoms with van der Waals surface area (Å²) in [5.74, 6) is 0. The predicted molar refractivity (Wildman–Crippen MR) is 106 cm³/mol. The number of nitrogens with zero attached hydrogens (tertiary/aromatic N) is 1. The van der Waals surface area contributed by atoms with Crippen molar-refractivity contribution in [3.8, 4) is 0 Å². The van der Waals surface area contributed by atoms with E-state index >= 15 is 0 Å². The average Bonchev–Trinajstić information content (AvgIpc) is 3.25. The minimum Gasteiger partial charge on any atom is -0.351 e. The van der Waals surface area contributed by atoms with Crippen molar-refractivity contribution in [3.05, 3.63) is 75.1 Å². The maximum absolute atomic E-state index is 14.4. The van der Waals surface area contributed by atoms with Crippen LogP contribution in [-0.2, 0) is 11.8 Å². The van der Waals surface area contributed by atoms with Crippen LogP contribution in [0.15, 0.2) is 36.4 Å². The quantitative estimate of drug-likeness (QED) is 0.626. The van der Waals surface area contributed by atoms with E-state index in [1.54, 1.807) is 6.07 Å². The van der Waals surface area contributed by atoms with Crippen LogP contribution < -0.4 is 5.73 Å². The summed E-state index contributed by atoms with van der Waals surface area (Å²) < 4.78 is 43.3. The fourth-order valence-corrected chi connectivity index (χ4v) is 5.00. The molecule has 0 bridgehead atoms. The van der Waals surface area contributed by atoms with Gasteiger partial charge in [0.05, 0.1) is 6.04 Å². The van der Waals surface area contributed by atoms with Crippen molar-refractivity contribution < 1.29 is 18.0 Å². The molecule has 2 aliphatic rings. The minimum atomic E-state index is -4.63. The number of benzene rings is 2. The number of hydrogen-bond donors (Lipinski definition) is 1. The monoisotopic (exact) mass is 441 g/mol. The van der Waals surface area contributed by atoms with Crippen LogP contribution in [0.2, 0.25) is 10.0 Å². The van der Waals surface area contributed by atoms with Crippen molar-refractivity contribution >= 4 is 29.2 Å². The minimum absolute atomic E-state index is 0.0641. The van der Waals surface area contributed by atoms with E-state index in [1.165, 1.54) is 18.2 Å². The van der Waals surface area contributed by atoms with Crippen LogP contribution >= 0.6 is 23.2 Å². The number of likely N-dealkylation sites (tertiary alicyclic amines) is 1. The standard InChI is InChI=1S/C21H18Cl2F3N2O/c22-16-7-15(8-17(23)9-16)20(21(24,25)26)10-18(28(11-20)19(27)29)14-5-4-12-2-1-3-13(12)6-14/h2,4-9,18H,1,3,10-11H2,(H2,27,29). The third-order valence-electron chi connectivity index (χ3n) is 5.93. The van der Waals surface area contributed by atoms with Crippen LogP contribution in [0, 0.1) is 6.42 Å². The Bertz CT molecular complexity index is 959. The number of urea groups is 1. The lowest BCUT2D eigenvalue weighted by atomic mass is 9.77. The number of rotatable bonds is 2. The molecule has 1 radical (unpaired) electrons. The van der Waals surface area contributed by atoms with Gasteiger partial charge in [-0.3, -0.25) is 0 Å². The van der Waals surface area contributed by atoms with E-state index in [1.807, 2.05) is 12.1 Å². The number of aryl methyl sites for hydroxylation is 1. The van der Waals surface area contributed by atoms with Gasteiger partial charge in [0.2, 0.25) is 0 Å². The Morgan fingerprint density at radius 3 is 2.45 bits per heavy atom.